The summed E-state index contributed by atoms with van der Waals surface area (Å²) in [6, 6.07) is 12.0. The molecule has 2 atom stereocenters. The first-order valence-corrected chi connectivity index (χ1v) is 12.3. The number of aryl methyl sites for hydroxylation is 1. The number of aliphatic hydroxyl groups is 1. The van der Waals surface area contributed by atoms with Crippen LogP contribution in [0.15, 0.2) is 40.8 Å². The monoisotopic (exact) mass is 455 g/mol. The predicted octanol–water partition coefficient (Wildman–Crippen LogP) is 5.57. The molecule has 0 saturated carbocycles. The van der Waals surface area contributed by atoms with E-state index in [0.29, 0.717) is 31.6 Å². The second kappa shape index (κ2) is 12.6. The summed E-state index contributed by atoms with van der Waals surface area (Å²) in [5, 5.41) is 10.7. The molecule has 1 amide bonds. The molecule has 1 saturated heterocycles. The van der Waals surface area contributed by atoms with E-state index in [9.17, 15) is 14.7 Å². The Balaban J connectivity index is 1.42. The number of ether oxygens (including phenoxy) is 1. The molecule has 2 heterocycles. The summed E-state index contributed by atoms with van der Waals surface area (Å²) in [4.78, 5) is 25.7. The molecule has 0 bridgehead atoms. The normalized spacial score (nSPS) is 16.9. The summed E-state index contributed by atoms with van der Waals surface area (Å²) in [6.07, 6.45) is 6.27. The van der Waals surface area contributed by atoms with Crippen LogP contribution in [0.2, 0.25) is 0 Å². The van der Waals surface area contributed by atoms with Gasteiger partial charge in [-0.3, -0.25) is 9.59 Å². The Labute approximate surface area is 196 Å². The molecule has 1 N–H and O–H groups in total. The fraction of sp³-hybridized carbons (Fsp3) is 0.556. The minimum atomic E-state index is -0.678. The van der Waals surface area contributed by atoms with E-state index in [-0.39, 0.29) is 17.9 Å². The maximum atomic E-state index is 12.4. The first kappa shape index (κ1) is 25.0. The zero-order valence-corrected chi connectivity index (χ0v) is 19.9. The predicted molar refractivity (Wildman–Crippen MR) is 128 cm³/mol. The van der Waals surface area contributed by atoms with E-state index in [4.69, 9.17) is 9.15 Å². The van der Waals surface area contributed by atoms with Gasteiger partial charge < -0.3 is 19.2 Å². The van der Waals surface area contributed by atoms with Gasteiger partial charge in [-0.1, -0.05) is 37.1 Å². The van der Waals surface area contributed by atoms with E-state index < -0.39 is 6.10 Å². The van der Waals surface area contributed by atoms with Crippen molar-refractivity contribution < 1.29 is 23.8 Å². The summed E-state index contributed by atoms with van der Waals surface area (Å²) < 4.78 is 10.9. The minimum Gasteiger partial charge on any atom is -0.466 e. The summed E-state index contributed by atoms with van der Waals surface area (Å²) in [7, 11) is 0. The molecule has 6 heteroatoms. The highest BCUT2D eigenvalue weighted by molar-refractivity contribution is 5.78. The molecule has 1 aliphatic heterocycles. The van der Waals surface area contributed by atoms with Gasteiger partial charge in [-0.25, -0.2) is 0 Å². The highest BCUT2D eigenvalue weighted by Crippen LogP contribution is 2.31. The average molecular weight is 456 g/mol. The molecule has 0 aliphatic carbocycles. The van der Waals surface area contributed by atoms with Crippen molar-refractivity contribution in [2.24, 2.45) is 0 Å². The molecular weight excluding hydrogens is 418 g/mol. The number of carbonyl (C=O) groups is 2. The summed E-state index contributed by atoms with van der Waals surface area (Å²) in [5.41, 5.74) is 2.17. The third-order valence-corrected chi connectivity index (χ3v) is 6.43. The van der Waals surface area contributed by atoms with Crippen LogP contribution < -0.4 is 0 Å². The van der Waals surface area contributed by atoms with Gasteiger partial charge in [-0.15, -0.1) is 0 Å². The van der Waals surface area contributed by atoms with Crippen molar-refractivity contribution in [3.63, 3.8) is 0 Å². The van der Waals surface area contributed by atoms with Gasteiger partial charge in [0, 0.05) is 31.0 Å². The van der Waals surface area contributed by atoms with E-state index in [1.807, 2.05) is 55.1 Å². The molecular formula is C27H37NO5. The van der Waals surface area contributed by atoms with Crippen LogP contribution in [0.1, 0.15) is 82.1 Å². The highest BCUT2D eigenvalue weighted by atomic mass is 16.5. The Kier molecular flexibility index (Phi) is 9.55. The molecule has 1 aliphatic rings. The number of aliphatic hydroxyl groups excluding tert-OH is 1. The lowest BCUT2D eigenvalue weighted by Gasteiger charge is -2.25. The summed E-state index contributed by atoms with van der Waals surface area (Å²) in [5.74, 6) is 1.42. The average Bonchev–Trinajstić information content (AvgIpc) is 3.42. The van der Waals surface area contributed by atoms with Gasteiger partial charge in [-0.2, -0.15) is 0 Å². The fourth-order valence-electron chi connectivity index (χ4n) is 4.56. The Bertz CT molecular complexity index is 905. The first-order chi connectivity index (χ1) is 16.0. The Morgan fingerprint density at radius 2 is 1.97 bits per heavy atom. The standard InChI is InChI=1S/C27H37NO5/c1-3-32-27(31)12-6-4-5-9-19-28-21(14-18-26(28)30)13-15-23(29)25-17-16-24(33-25)22-11-8-7-10-20(22)2/h7-8,10-11,16-17,21,23,29H,3-6,9,12-15,18-19H2,1-2H3. The van der Waals surface area contributed by atoms with E-state index in [1.165, 1.54) is 0 Å². The van der Waals surface area contributed by atoms with Gasteiger partial charge in [0.1, 0.15) is 17.6 Å². The number of esters is 1. The first-order valence-electron chi connectivity index (χ1n) is 12.3. The molecule has 2 aromatic rings. The van der Waals surface area contributed by atoms with Crippen molar-refractivity contribution in [3.8, 4) is 11.3 Å². The number of hydrogen-bond donors (Lipinski definition) is 1. The second-order valence-corrected chi connectivity index (χ2v) is 8.86. The largest absolute Gasteiger partial charge is 0.466 e. The van der Waals surface area contributed by atoms with Crippen molar-refractivity contribution in [2.45, 2.75) is 83.8 Å². The van der Waals surface area contributed by atoms with Crippen LogP contribution in [0.3, 0.4) is 0 Å². The Morgan fingerprint density at radius 3 is 2.76 bits per heavy atom. The number of hydrogen-bond acceptors (Lipinski definition) is 5. The van der Waals surface area contributed by atoms with E-state index in [0.717, 1.165) is 62.0 Å². The molecule has 3 rings (SSSR count). The lowest BCUT2D eigenvalue weighted by molar-refractivity contribution is -0.143. The van der Waals surface area contributed by atoms with Crippen LogP contribution in [0.25, 0.3) is 11.3 Å². The smallest absolute Gasteiger partial charge is 0.305 e. The molecule has 1 aromatic carbocycles. The number of likely N-dealkylation sites (tertiary alicyclic amines) is 1. The van der Waals surface area contributed by atoms with Crippen molar-refractivity contribution in [3.05, 3.63) is 47.7 Å². The molecule has 33 heavy (non-hydrogen) atoms. The molecule has 1 fully saturated rings. The number of nitrogens with zero attached hydrogens (tertiary/aromatic N) is 1. The Morgan fingerprint density at radius 1 is 1.18 bits per heavy atom. The SMILES string of the molecule is CCOC(=O)CCCCCCN1C(=O)CCC1CCC(O)c1ccc(-c2ccccc2C)o1. The van der Waals surface area contributed by atoms with E-state index in [1.54, 1.807) is 0 Å². The van der Waals surface area contributed by atoms with Crippen LogP contribution in [0, 0.1) is 6.92 Å². The van der Waals surface area contributed by atoms with Crippen molar-refractivity contribution in [1.82, 2.24) is 4.90 Å². The molecule has 0 spiro atoms. The van der Waals surface area contributed by atoms with E-state index >= 15 is 0 Å². The molecule has 0 radical (unpaired) electrons. The van der Waals surface area contributed by atoms with Crippen LogP contribution in [-0.2, 0) is 14.3 Å². The van der Waals surface area contributed by atoms with Gasteiger partial charge in [0.15, 0.2) is 0 Å². The van der Waals surface area contributed by atoms with Gasteiger partial charge in [0.25, 0.3) is 0 Å². The molecule has 6 nitrogen and oxygen atoms in total. The molecule has 1 aromatic heterocycles. The number of furan rings is 1. The maximum absolute atomic E-state index is 12.4. The van der Waals surface area contributed by atoms with Crippen LogP contribution in [0.5, 0.6) is 0 Å². The zero-order valence-electron chi connectivity index (χ0n) is 19.9. The fourth-order valence-corrected chi connectivity index (χ4v) is 4.56. The maximum Gasteiger partial charge on any atom is 0.305 e. The zero-order chi connectivity index (χ0) is 23.6. The van der Waals surface area contributed by atoms with Gasteiger partial charge in [0.2, 0.25) is 5.91 Å². The Hall–Kier alpha value is -2.60. The van der Waals surface area contributed by atoms with Crippen LogP contribution in [0.4, 0.5) is 0 Å². The quantitative estimate of drug-likeness (QED) is 0.315. The number of rotatable bonds is 13. The van der Waals surface area contributed by atoms with Crippen molar-refractivity contribution in [2.75, 3.05) is 13.2 Å². The third kappa shape index (κ3) is 7.19. The molecule has 180 valence electrons. The van der Waals surface area contributed by atoms with Gasteiger partial charge in [-0.05, 0) is 63.6 Å². The number of carbonyl (C=O) groups excluding carboxylic acids is 2. The number of benzene rings is 1. The van der Waals surface area contributed by atoms with Gasteiger partial charge in [0.05, 0.1) is 6.61 Å². The van der Waals surface area contributed by atoms with Crippen molar-refractivity contribution in [1.29, 1.82) is 0 Å². The lowest BCUT2D eigenvalue weighted by Crippen LogP contribution is -2.34. The summed E-state index contributed by atoms with van der Waals surface area (Å²) >= 11 is 0. The minimum absolute atomic E-state index is 0.131. The lowest BCUT2D eigenvalue weighted by atomic mass is 10.0. The summed E-state index contributed by atoms with van der Waals surface area (Å²) in [6.45, 7) is 5.04. The highest BCUT2D eigenvalue weighted by Gasteiger charge is 2.30. The van der Waals surface area contributed by atoms with Gasteiger partial charge >= 0.3 is 5.97 Å². The topological polar surface area (TPSA) is 80.0 Å². The van der Waals surface area contributed by atoms with E-state index in [2.05, 4.69) is 0 Å². The second-order valence-electron chi connectivity index (χ2n) is 8.86. The number of amides is 1. The van der Waals surface area contributed by atoms with Crippen molar-refractivity contribution >= 4 is 11.9 Å². The molecule has 2 unspecified atom stereocenters. The van der Waals surface area contributed by atoms with Crippen LogP contribution in [-0.4, -0.2) is 41.1 Å². The van der Waals surface area contributed by atoms with Crippen LogP contribution >= 0.6 is 0 Å². The number of unbranched alkanes of at least 4 members (excludes halogenated alkanes) is 3. The third-order valence-electron chi connectivity index (χ3n) is 6.43.